The maximum absolute atomic E-state index is 12.3. The number of nitrogens with zero attached hydrogens (tertiary/aromatic N) is 2. The van der Waals surface area contributed by atoms with Gasteiger partial charge in [-0.1, -0.05) is 0 Å². The molecule has 0 bridgehead atoms. The molecule has 0 heterocycles. The molecule has 0 aliphatic rings. The van der Waals surface area contributed by atoms with E-state index in [1.54, 1.807) is 0 Å². The fourth-order valence-corrected chi connectivity index (χ4v) is 1.92. The Morgan fingerprint density at radius 2 is 1.85 bits per heavy atom. The first kappa shape index (κ1) is 23.1. The molecule has 0 radical (unpaired) electrons. The number of guanidine groups is 1. The minimum atomic E-state index is -0.833. The van der Waals surface area contributed by atoms with Gasteiger partial charge in [0.1, 0.15) is 6.04 Å². The molecule has 8 N–H and O–H groups in total. The van der Waals surface area contributed by atoms with Gasteiger partial charge in [0.25, 0.3) is 5.69 Å². The van der Waals surface area contributed by atoms with Crippen LogP contribution in [-0.2, 0) is 9.59 Å². The summed E-state index contributed by atoms with van der Waals surface area (Å²) in [6, 6.07) is 4.50. The number of hydrogen-bond acceptors (Lipinski definition) is 6. The third kappa shape index (κ3) is 8.26. The first-order chi connectivity index (χ1) is 11.8. The van der Waals surface area contributed by atoms with E-state index in [0.717, 1.165) is 0 Å². The van der Waals surface area contributed by atoms with E-state index in [1.165, 1.54) is 24.3 Å². The Morgan fingerprint density at radius 1 is 1.23 bits per heavy atom. The zero-order chi connectivity index (χ0) is 18.8. The molecule has 1 atom stereocenters. The van der Waals surface area contributed by atoms with Gasteiger partial charge in [0.05, 0.1) is 11.5 Å². The number of non-ortho nitro benzene ring substituents is 1. The Bertz CT molecular complexity index is 647. The van der Waals surface area contributed by atoms with Crippen molar-refractivity contribution in [1.82, 2.24) is 5.32 Å². The van der Waals surface area contributed by atoms with Gasteiger partial charge in [-0.15, -0.1) is 12.4 Å². The molecule has 0 aliphatic carbocycles. The van der Waals surface area contributed by atoms with Gasteiger partial charge >= 0.3 is 0 Å². The highest BCUT2D eigenvalue weighted by Gasteiger charge is 2.20. The van der Waals surface area contributed by atoms with Gasteiger partial charge < -0.3 is 27.8 Å². The third-order valence-electron chi connectivity index (χ3n) is 3.13. The second-order valence-electron chi connectivity index (χ2n) is 5.07. The van der Waals surface area contributed by atoms with Crippen LogP contribution in [0.25, 0.3) is 0 Å². The van der Waals surface area contributed by atoms with Crippen molar-refractivity contribution in [2.24, 2.45) is 22.2 Å². The minimum Gasteiger partial charge on any atom is -0.370 e. The molecule has 11 nitrogen and oxygen atoms in total. The number of anilines is 1. The predicted molar refractivity (Wildman–Crippen MR) is 99.9 cm³/mol. The highest BCUT2D eigenvalue weighted by molar-refractivity contribution is 5.97. The first-order valence-corrected chi connectivity index (χ1v) is 7.43. The maximum atomic E-state index is 12.3. The smallest absolute Gasteiger partial charge is 0.269 e. The van der Waals surface area contributed by atoms with Crippen molar-refractivity contribution in [3.05, 3.63) is 34.4 Å². The monoisotopic (exact) mass is 387 g/mol. The quantitative estimate of drug-likeness (QED) is 0.123. The van der Waals surface area contributed by atoms with Crippen LogP contribution in [-0.4, -0.2) is 41.8 Å². The van der Waals surface area contributed by atoms with E-state index in [2.05, 4.69) is 15.6 Å². The molecule has 0 saturated carbocycles. The largest absolute Gasteiger partial charge is 0.370 e. The first-order valence-electron chi connectivity index (χ1n) is 7.43. The Kier molecular flexibility index (Phi) is 10.3. The molecule has 0 aliphatic heterocycles. The highest BCUT2D eigenvalue weighted by atomic mass is 35.5. The lowest BCUT2D eigenvalue weighted by atomic mass is 10.1. The van der Waals surface area contributed by atoms with E-state index in [-0.39, 0.29) is 30.6 Å². The number of carbonyl (C=O) groups is 2. The Labute approximate surface area is 155 Å². The van der Waals surface area contributed by atoms with Crippen LogP contribution in [0.5, 0.6) is 0 Å². The molecule has 1 unspecified atom stereocenters. The highest BCUT2D eigenvalue weighted by Crippen LogP contribution is 2.16. The molecule has 0 aromatic heterocycles. The van der Waals surface area contributed by atoms with E-state index in [4.69, 9.17) is 17.2 Å². The number of nitrogens with two attached hydrogens (primary N) is 3. The lowest BCUT2D eigenvalue weighted by Crippen LogP contribution is -2.46. The summed E-state index contributed by atoms with van der Waals surface area (Å²) in [5, 5.41) is 15.7. The lowest BCUT2D eigenvalue weighted by Gasteiger charge is -2.18. The van der Waals surface area contributed by atoms with Gasteiger partial charge in [0.15, 0.2) is 5.96 Å². The van der Waals surface area contributed by atoms with Gasteiger partial charge in [-0.3, -0.25) is 24.7 Å². The Morgan fingerprint density at radius 3 is 2.35 bits per heavy atom. The molecule has 1 aromatic rings. The van der Waals surface area contributed by atoms with Crippen molar-refractivity contribution < 1.29 is 14.5 Å². The van der Waals surface area contributed by atoms with Crippen LogP contribution in [0.4, 0.5) is 11.4 Å². The number of rotatable bonds is 9. The van der Waals surface area contributed by atoms with Crippen molar-refractivity contribution in [3.63, 3.8) is 0 Å². The number of benzene rings is 1. The topological polar surface area (TPSA) is 192 Å². The van der Waals surface area contributed by atoms with Crippen LogP contribution in [0.1, 0.15) is 12.8 Å². The van der Waals surface area contributed by atoms with E-state index in [1.807, 2.05) is 0 Å². The number of nitro groups is 1. The van der Waals surface area contributed by atoms with Gasteiger partial charge in [0.2, 0.25) is 11.8 Å². The van der Waals surface area contributed by atoms with E-state index >= 15 is 0 Å². The van der Waals surface area contributed by atoms with Gasteiger partial charge in [-0.05, 0) is 25.0 Å². The molecule has 0 fully saturated rings. The standard InChI is InChI=1S/C14H21N7O4.ClH/c15-8-12(22)20-11(2-1-7-18-14(16)17)13(23)19-9-3-5-10(6-4-9)21(24)25;/h3-6,11H,1-2,7-8,15H2,(H,19,23)(H,20,22)(H4,16,17,18);1H. The molecule has 2 amide bonds. The van der Waals surface area contributed by atoms with Crippen molar-refractivity contribution in [1.29, 1.82) is 0 Å². The fraction of sp³-hybridized carbons (Fsp3) is 0.357. The number of aliphatic imine (C=N–C) groups is 1. The molecule has 1 rings (SSSR count). The lowest BCUT2D eigenvalue weighted by molar-refractivity contribution is -0.384. The Balaban J connectivity index is 0.00000625. The number of nitrogens with one attached hydrogen (secondary N) is 2. The molecular formula is C14H22ClN7O4. The summed E-state index contributed by atoms with van der Waals surface area (Å²) >= 11 is 0. The zero-order valence-electron chi connectivity index (χ0n) is 13.9. The fourth-order valence-electron chi connectivity index (χ4n) is 1.92. The summed E-state index contributed by atoms with van der Waals surface area (Å²) in [6.45, 7) is 0.0529. The van der Waals surface area contributed by atoms with Crippen LogP contribution < -0.4 is 27.8 Å². The molecule has 12 heteroatoms. The SMILES string of the molecule is Cl.NCC(=O)NC(CCCN=C(N)N)C(=O)Nc1ccc([N+](=O)[O-])cc1. The second kappa shape index (κ2) is 11.6. The molecular weight excluding hydrogens is 366 g/mol. The molecule has 0 saturated heterocycles. The summed E-state index contributed by atoms with van der Waals surface area (Å²) in [5.41, 5.74) is 16.0. The second-order valence-corrected chi connectivity index (χ2v) is 5.07. The van der Waals surface area contributed by atoms with Crippen LogP contribution >= 0.6 is 12.4 Å². The molecule has 144 valence electrons. The van der Waals surface area contributed by atoms with Crippen molar-refractivity contribution in [2.75, 3.05) is 18.4 Å². The molecule has 1 aromatic carbocycles. The van der Waals surface area contributed by atoms with Gasteiger partial charge in [-0.2, -0.15) is 0 Å². The molecule has 26 heavy (non-hydrogen) atoms. The van der Waals surface area contributed by atoms with Gasteiger partial charge in [-0.25, -0.2) is 0 Å². The van der Waals surface area contributed by atoms with Crippen molar-refractivity contribution in [3.8, 4) is 0 Å². The van der Waals surface area contributed by atoms with Gasteiger partial charge in [0, 0.05) is 24.4 Å². The van der Waals surface area contributed by atoms with Crippen LogP contribution in [0.15, 0.2) is 29.3 Å². The van der Waals surface area contributed by atoms with Crippen LogP contribution in [0, 0.1) is 10.1 Å². The summed E-state index contributed by atoms with van der Waals surface area (Å²) < 4.78 is 0. The number of halogens is 1. The van der Waals surface area contributed by atoms with Crippen LogP contribution in [0.2, 0.25) is 0 Å². The van der Waals surface area contributed by atoms with E-state index < -0.39 is 22.8 Å². The summed E-state index contributed by atoms with van der Waals surface area (Å²) in [6.07, 6.45) is 0.752. The van der Waals surface area contributed by atoms with Crippen molar-refractivity contribution >= 4 is 41.6 Å². The normalized spacial score (nSPS) is 10.8. The Hall–Kier alpha value is -2.92. The summed E-state index contributed by atoms with van der Waals surface area (Å²) in [5.74, 6) is -1.01. The van der Waals surface area contributed by atoms with E-state index in [9.17, 15) is 19.7 Å². The minimum absolute atomic E-state index is 0. The number of hydrogen-bond donors (Lipinski definition) is 5. The van der Waals surface area contributed by atoms with Crippen LogP contribution in [0.3, 0.4) is 0 Å². The maximum Gasteiger partial charge on any atom is 0.269 e. The van der Waals surface area contributed by atoms with Crippen molar-refractivity contribution in [2.45, 2.75) is 18.9 Å². The zero-order valence-corrected chi connectivity index (χ0v) is 14.7. The number of amides is 2. The number of carbonyl (C=O) groups excluding carboxylic acids is 2. The summed E-state index contributed by atoms with van der Waals surface area (Å²) in [4.78, 5) is 37.7. The summed E-state index contributed by atoms with van der Waals surface area (Å²) in [7, 11) is 0. The average molecular weight is 388 g/mol. The molecule has 0 spiro atoms. The average Bonchev–Trinajstić information content (AvgIpc) is 2.57. The van der Waals surface area contributed by atoms with E-state index in [0.29, 0.717) is 25.1 Å². The predicted octanol–water partition coefficient (Wildman–Crippen LogP) is -0.548. The third-order valence-corrected chi connectivity index (χ3v) is 3.13. The number of nitro benzene ring substituents is 1.